The van der Waals surface area contributed by atoms with E-state index in [2.05, 4.69) is 10.2 Å². The van der Waals surface area contributed by atoms with E-state index in [9.17, 15) is 4.79 Å². The molecule has 0 spiro atoms. The maximum absolute atomic E-state index is 11.2. The van der Waals surface area contributed by atoms with Crippen molar-refractivity contribution in [1.29, 1.82) is 0 Å². The number of H-pyrrole nitrogens is 1. The third-order valence-corrected chi connectivity index (χ3v) is 2.38. The molecule has 1 fully saturated rings. The molecule has 5 heteroatoms. The lowest BCUT2D eigenvalue weighted by Gasteiger charge is -2.31. The Labute approximate surface area is 82.0 Å². The molecule has 0 aromatic carbocycles. The van der Waals surface area contributed by atoms with E-state index in [1.807, 2.05) is 6.07 Å². The summed E-state index contributed by atoms with van der Waals surface area (Å²) in [5.74, 6) is 0.0952. The van der Waals surface area contributed by atoms with Crippen molar-refractivity contribution in [3.05, 3.63) is 18.0 Å². The summed E-state index contributed by atoms with van der Waals surface area (Å²) < 4.78 is 5.54. The largest absolute Gasteiger partial charge is 0.368 e. The monoisotopic (exact) mass is 195 g/mol. The van der Waals surface area contributed by atoms with E-state index in [-0.39, 0.29) is 12.0 Å². The zero-order valence-corrected chi connectivity index (χ0v) is 8.06. The number of morpholine rings is 1. The molecular weight excluding hydrogens is 182 g/mol. The molecule has 1 aromatic heterocycles. The standard InChI is InChI=1S/C9H13N3O2/c1-7(13)12-4-5-14-9(6-12)8-2-3-10-11-8/h2-3,9H,4-6H2,1H3,(H,10,11)/t9-/m0/s1. The summed E-state index contributed by atoms with van der Waals surface area (Å²) >= 11 is 0. The number of aromatic amines is 1. The number of aromatic nitrogens is 2. The smallest absolute Gasteiger partial charge is 0.219 e. The van der Waals surface area contributed by atoms with Crippen LogP contribution in [0.15, 0.2) is 12.3 Å². The van der Waals surface area contributed by atoms with Crippen molar-refractivity contribution in [2.24, 2.45) is 0 Å². The Morgan fingerprint density at radius 2 is 2.64 bits per heavy atom. The number of amides is 1. The average Bonchev–Trinajstić information content (AvgIpc) is 2.71. The summed E-state index contributed by atoms with van der Waals surface area (Å²) in [7, 11) is 0. The van der Waals surface area contributed by atoms with Crippen LogP contribution >= 0.6 is 0 Å². The van der Waals surface area contributed by atoms with Gasteiger partial charge in [-0.25, -0.2) is 0 Å². The Balaban J connectivity index is 2.04. The Morgan fingerprint density at radius 3 is 3.29 bits per heavy atom. The highest BCUT2D eigenvalue weighted by Crippen LogP contribution is 2.19. The maximum atomic E-state index is 11.2. The van der Waals surface area contributed by atoms with Gasteiger partial charge in [0.2, 0.25) is 5.91 Å². The van der Waals surface area contributed by atoms with Crippen molar-refractivity contribution in [3.63, 3.8) is 0 Å². The van der Waals surface area contributed by atoms with Crippen LogP contribution in [0.25, 0.3) is 0 Å². The number of hydrogen-bond donors (Lipinski definition) is 1. The summed E-state index contributed by atoms with van der Waals surface area (Å²) in [5, 5.41) is 6.71. The summed E-state index contributed by atoms with van der Waals surface area (Å²) in [6.07, 6.45) is 1.63. The molecule has 0 bridgehead atoms. The molecule has 2 heterocycles. The highest BCUT2D eigenvalue weighted by molar-refractivity contribution is 5.73. The molecule has 1 aromatic rings. The minimum Gasteiger partial charge on any atom is -0.368 e. The first-order valence-electron chi connectivity index (χ1n) is 4.64. The molecule has 0 radical (unpaired) electrons. The lowest BCUT2D eigenvalue weighted by atomic mass is 10.2. The van der Waals surface area contributed by atoms with E-state index in [1.165, 1.54) is 0 Å². The second-order valence-corrected chi connectivity index (χ2v) is 3.34. The van der Waals surface area contributed by atoms with E-state index in [0.29, 0.717) is 19.7 Å². The molecule has 1 saturated heterocycles. The van der Waals surface area contributed by atoms with Crippen LogP contribution in [0.1, 0.15) is 18.7 Å². The van der Waals surface area contributed by atoms with Gasteiger partial charge in [0.25, 0.3) is 0 Å². The van der Waals surface area contributed by atoms with Crippen LogP contribution < -0.4 is 0 Å². The van der Waals surface area contributed by atoms with Gasteiger partial charge in [0, 0.05) is 19.7 Å². The van der Waals surface area contributed by atoms with Crippen molar-refractivity contribution in [2.75, 3.05) is 19.7 Å². The number of ether oxygens (including phenoxy) is 1. The van der Waals surface area contributed by atoms with Crippen LogP contribution in [0, 0.1) is 0 Å². The Hall–Kier alpha value is -1.36. The van der Waals surface area contributed by atoms with Crippen molar-refractivity contribution >= 4 is 5.91 Å². The molecule has 0 saturated carbocycles. The van der Waals surface area contributed by atoms with Crippen molar-refractivity contribution in [1.82, 2.24) is 15.1 Å². The highest BCUT2D eigenvalue weighted by atomic mass is 16.5. The van der Waals surface area contributed by atoms with Crippen molar-refractivity contribution < 1.29 is 9.53 Å². The second kappa shape index (κ2) is 3.79. The lowest BCUT2D eigenvalue weighted by Crippen LogP contribution is -2.41. The first kappa shape index (κ1) is 9.21. The number of nitrogens with zero attached hydrogens (tertiary/aromatic N) is 2. The topological polar surface area (TPSA) is 58.2 Å². The third-order valence-electron chi connectivity index (χ3n) is 2.38. The lowest BCUT2D eigenvalue weighted by molar-refractivity contribution is -0.136. The van der Waals surface area contributed by atoms with Gasteiger partial charge in [-0.1, -0.05) is 0 Å². The molecule has 1 N–H and O–H groups in total. The fourth-order valence-corrected chi connectivity index (χ4v) is 1.57. The van der Waals surface area contributed by atoms with E-state index in [0.717, 1.165) is 5.69 Å². The predicted octanol–water partition coefficient (Wildman–Crippen LogP) is 0.329. The molecule has 0 aliphatic carbocycles. The molecule has 1 atom stereocenters. The second-order valence-electron chi connectivity index (χ2n) is 3.34. The number of hydrogen-bond acceptors (Lipinski definition) is 3. The first-order chi connectivity index (χ1) is 6.77. The quantitative estimate of drug-likeness (QED) is 0.702. The van der Waals surface area contributed by atoms with Gasteiger partial charge in [-0.05, 0) is 6.07 Å². The van der Waals surface area contributed by atoms with Crippen LogP contribution in [0.3, 0.4) is 0 Å². The fraction of sp³-hybridized carbons (Fsp3) is 0.556. The number of carbonyl (C=O) groups is 1. The number of carbonyl (C=O) groups excluding carboxylic acids is 1. The van der Waals surface area contributed by atoms with Crippen LogP contribution in [0.5, 0.6) is 0 Å². The molecule has 1 aliphatic rings. The molecule has 5 nitrogen and oxygen atoms in total. The van der Waals surface area contributed by atoms with Gasteiger partial charge in [0.15, 0.2) is 0 Å². The molecule has 76 valence electrons. The average molecular weight is 195 g/mol. The van der Waals surface area contributed by atoms with Crippen molar-refractivity contribution in [2.45, 2.75) is 13.0 Å². The summed E-state index contributed by atoms with van der Waals surface area (Å²) in [5.41, 5.74) is 0.927. The van der Waals surface area contributed by atoms with Gasteiger partial charge in [-0.2, -0.15) is 5.10 Å². The minimum absolute atomic E-state index is 0.0600. The number of rotatable bonds is 1. The Kier molecular flexibility index (Phi) is 2.49. The minimum atomic E-state index is -0.0600. The van der Waals surface area contributed by atoms with Gasteiger partial charge >= 0.3 is 0 Å². The van der Waals surface area contributed by atoms with Crippen LogP contribution in [-0.4, -0.2) is 40.7 Å². The van der Waals surface area contributed by atoms with E-state index < -0.39 is 0 Å². The van der Waals surface area contributed by atoms with Crippen LogP contribution in [0.4, 0.5) is 0 Å². The Morgan fingerprint density at radius 1 is 1.79 bits per heavy atom. The molecule has 0 unspecified atom stereocenters. The molecular formula is C9H13N3O2. The normalized spacial score (nSPS) is 22.4. The van der Waals surface area contributed by atoms with Crippen LogP contribution in [-0.2, 0) is 9.53 Å². The SMILES string of the molecule is CC(=O)N1CCO[C@H](c2ccn[nH]2)C1. The van der Waals surface area contributed by atoms with E-state index in [4.69, 9.17) is 4.74 Å². The van der Waals surface area contributed by atoms with Crippen molar-refractivity contribution in [3.8, 4) is 0 Å². The Bertz CT molecular complexity index is 310. The van der Waals surface area contributed by atoms with Gasteiger partial charge in [-0.3, -0.25) is 9.89 Å². The zero-order chi connectivity index (χ0) is 9.97. The molecule has 1 aliphatic heterocycles. The van der Waals surface area contributed by atoms with Gasteiger partial charge in [-0.15, -0.1) is 0 Å². The van der Waals surface area contributed by atoms with Crippen LogP contribution in [0.2, 0.25) is 0 Å². The molecule has 2 rings (SSSR count). The molecule has 1 amide bonds. The van der Waals surface area contributed by atoms with E-state index in [1.54, 1.807) is 18.0 Å². The summed E-state index contributed by atoms with van der Waals surface area (Å²) in [6, 6.07) is 1.87. The van der Waals surface area contributed by atoms with E-state index >= 15 is 0 Å². The predicted molar refractivity (Wildman–Crippen MR) is 49.5 cm³/mol. The summed E-state index contributed by atoms with van der Waals surface area (Å²) in [6.45, 7) is 3.45. The first-order valence-corrected chi connectivity index (χ1v) is 4.64. The van der Waals surface area contributed by atoms with Gasteiger partial charge < -0.3 is 9.64 Å². The summed E-state index contributed by atoms with van der Waals surface area (Å²) in [4.78, 5) is 12.9. The fourth-order valence-electron chi connectivity index (χ4n) is 1.57. The van der Waals surface area contributed by atoms with Gasteiger partial charge in [0.1, 0.15) is 6.10 Å². The number of nitrogens with one attached hydrogen (secondary N) is 1. The highest BCUT2D eigenvalue weighted by Gasteiger charge is 2.23. The maximum Gasteiger partial charge on any atom is 0.219 e. The third kappa shape index (κ3) is 1.77. The molecule has 14 heavy (non-hydrogen) atoms. The zero-order valence-electron chi connectivity index (χ0n) is 8.06. The van der Waals surface area contributed by atoms with Gasteiger partial charge in [0.05, 0.1) is 18.8 Å².